The van der Waals surface area contributed by atoms with Crippen LogP contribution in [0.3, 0.4) is 0 Å². The molecule has 1 amide bonds. The summed E-state index contributed by atoms with van der Waals surface area (Å²) >= 11 is 9.25. The molecule has 0 radical (unpaired) electrons. The average Bonchev–Trinajstić information content (AvgIpc) is 2.83. The van der Waals surface area contributed by atoms with Crippen molar-refractivity contribution in [2.24, 2.45) is 4.99 Å². The molecule has 0 unspecified atom stereocenters. The first-order valence-corrected chi connectivity index (χ1v) is 7.42. The Bertz CT molecular complexity index is 766. The second kappa shape index (κ2) is 5.84. The predicted molar refractivity (Wildman–Crippen MR) is 88.3 cm³/mol. The van der Waals surface area contributed by atoms with E-state index in [0.29, 0.717) is 16.6 Å². The highest BCUT2D eigenvalue weighted by molar-refractivity contribution is 9.10. The number of aliphatic imine (C=N–C) groups is 1. The molecule has 0 aliphatic carbocycles. The van der Waals surface area contributed by atoms with Crippen LogP contribution >= 0.6 is 27.5 Å². The van der Waals surface area contributed by atoms with E-state index in [1.165, 1.54) is 0 Å². The number of nitrogens with one attached hydrogen (secondary N) is 1. The topological polar surface area (TPSA) is 41.5 Å². The van der Waals surface area contributed by atoms with Gasteiger partial charge in [-0.1, -0.05) is 51.8 Å². The molecular weight excluding hydrogens is 352 g/mol. The quantitative estimate of drug-likeness (QED) is 0.807. The summed E-state index contributed by atoms with van der Waals surface area (Å²) < 4.78 is 0.937. The van der Waals surface area contributed by atoms with Crippen molar-refractivity contribution in [1.82, 2.24) is 5.32 Å². The van der Waals surface area contributed by atoms with E-state index in [0.717, 1.165) is 15.6 Å². The monoisotopic (exact) mass is 360 g/mol. The Balaban J connectivity index is 1.93. The summed E-state index contributed by atoms with van der Waals surface area (Å²) in [4.78, 5) is 16.3. The fourth-order valence-electron chi connectivity index (χ4n) is 1.96. The molecule has 2 aromatic carbocycles. The Kier molecular flexibility index (Phi) is 3.90. The first-order chi connectivity index (χ1) is 10.1. The minimum Gasteiger partial charge on any atom is -0.305 e. The summed E-state index contributed by atoms with van der Waals surface area (Å²) in [6, 6.07) is 14.9. The molecule has 3 rings (SSSR count). The fourth-order valence-corrected chi connectivity index (χ4v) is 2.48. The maximum atomic E-state index is 12.0. The third-order valence-electron chi connectivity index (χ3n) is 2.97. The fraction of sp³-hybridized carbons (Fsp3) is 0. The number of rotatable bonds is 2. The van der Waals surface area contributed by atoms with Gasteiger partial charge in [-0.3, -0.25) is 4.79 Å². The number of amidine groups is 1. The molecule has 0 spiro atoms. The Labute approximate surface area is 135 Å². The Morgan fingerprint density at radius 1 is 1.14 bits per heavy atom. The Morgan fingerprint density at radius 3 is 2.62 bits per heavy atom. The molecule has 0 fully saturated rings. The van der Waals surface area contributed by atoms with Gasteiger partial charge in [-0.25, -0.2) is 4.99 Å². The first kappa shape index (κ1) is 14.0. The molecule has 3 nitrogen and oxygen atoms in total. The molecule has 0 atom stereocenters. The lowest BCUT2D eigenvalue weighted by Gasteiger charge is -2.00. The number of amides is 1. The van der Waals surface area contributed by atoms with E-state index in [9.17, 15) is 4.79 Å². The largest absolute Gasteiger partial charge is 0.305 e. The third-order valence-corrected chi connectivity index (χ3v) is 3.71. The number of benzene rings is 2. The van der Waals surface area contributed by atoms with Gasteiger partial charge in [-0.05, 0) is 35.9 Å². The summed E-state index contributed by atoms with van der Waals surface area (Å²) in [6.07, 6.45) is 1.73. The van der Waals surface area contributed by atoms with Gasteiger partial charge < -0.3 is 5.32 Å². The number of carbonyl (C=O) groups excluding carboxylic acids is 1. The summed E-state index contributed by atoms with van der Waals surface area (Å²) in [7, 11) is 0. The summed E-state index contributed by atoms with van der Waals surface area (Å²) in [5.74, 6) is 0.349. The maximum Gasteiger partial charge on any atom is 0.275 e. The van der Waals surface area contributed by atoms with Crippen LogP contribution in [-0.2, 0) is 4.79 Å². The van der Waals surface area contributed by atoms with Crippen LogP contribution in [0, 0.1) is 0 Å². The molecule has 1 aliphatic heterocycles. The molecule has 2 aromatic rings. The van der Waals surface area contributed by atoms with E-state index in [1.807, 2.05) is 36.4 Å². The zero-order valence-electron chi connectivity index (χ0n) is 10.8. The van der Waals surface area contributed by atoms with Gasteiger partial charge >= 0.3 is 0 Å². The van der Waals surface area contributed by atoms with Gasteiger partial charge in [-0.2, -0.15) is 0 Å². The van der Waals surface area contributed by atoms with E-state index in [-0.39, 0.29) is 5.91 Å². The number of hydrogen-bond acceptors (Lipinski definition) is 2. The van der Waals surface area contributed by atoms with E-state index in [2.05, 4.69) is 26.2 Å². The lowest BCUT2D eigenvalue weighted by Crippen LogP contribution is -2.24. The highest BCUT2D eigenvalue weighted by atomic mass is 79.9. The van der Waals surface area contributed by atoms with Crippen LogP contribution in [0.25, 0.3) is 6.08 Å². The molecular formula is C16H10BrClN2O. The summed E-state index contributed by atoms with van der Waals surface area (Å²) in [5.41, 5.74) is 2.12. The van der Waals surface area contributed by atoms with Crippen LogP contribution in [0.1, 0.15) is 11.1 Å². The second-order valence-corrected chi connectivity index (χ2v) is 5.86. The molecule has 0 saturated carbocycles. The normalized spacial score (nSPS) is 16.0. The highest BCUT2D eigenvalue weighted by Gasteiger charge is 2.21. The predicted octanol–water partition coefficient (Wildman–Crippen LogP) is 4.02. The minimum absolute atomic E-state index is 0.208. The minimum atomic E-state index is -0.208. The van der Waals surface area contributed by atoms with Crippen molar-refractivity contribution in [3.05, 3.63) is 74.9 Å². The standard InChI is InChI=1S/C16H10BrClN2O/c17-12-3-1-2-11(9-12)15-19-14(16(21)20-15)8-10-4-6-13(18)7-5-10/h1-9H,(H,19,20,21)/b14-8-. The van der Waals surface area contributed by atoms with Gasteiger partial charge in [-0.15, -0.1) is 0 Å². The zero-order chi connectivity index (χ0) is 14.8. The lowest BCUT2D eigenvalue weighted by molar-refractivity contribution is -0.115. The van der Waals surface area contributed by atoms with Crippen molar-refractivity contribution in [2.75, 3.05) is 0 Å². The Morgan fingerprint density at radius 2 is 1.90 bits per heavy atom. The van der Waals surface area contributed by atoms with Crippen LogP contribution in [-0.4, -0.2) is 11.7 Å². The second-order valence-electron chi connectivity index (χ2n) is 4.51. The molecule has 1 heterocycles. The van der Waals surface area contributed by atoms with Gasteiger partial charge in [0.05, 0.1) is 0 Å². The molecule has 1 N–H and O–H groups in total. The zero-order valence-corrected chi connectivity index (χ0v) is 13.1. The summed E-state index contributed by atoms with van der Waals surface area (Å²) in [6.45, 7) is 0. The van der Waals surface area contributed by atoms with Crippen LogP contribution in [0.2, 0.25) is 5.02 Å². The molecule has 104 valence electrons. The van der Waals surface area contributed by atoms with Crippen molar-refractivity contribution >= 4 is 45.3 Å². The number of carbonyl (C=O) groups is 1. The molecule has 0 saturated heterocycles. The first-order valence-electron chi connectivity index (χ1n) is 6.25. The molecule has 1 aliphatic rings. The van der Waals surface area contributed by atoms with Crippen molar-refractivity contribution in [3.63, 3.8) is 0 Å². The van der Waals surface area contributed by atoms with Crippen molar-refractivity contribution in [2.45, 2.75) is 0 Å². The lowest BCUT2D eigenvalue weighted by atomic mass is 10.2. The van der Waals surface area contributed by atoms with Crippen LogP contribution in [0.4, 0.5) is 0 Å². The number of hydrogen-bond donors (Lipinski definition) is 1. The van der Waals surface area contributed by atoms with Gasteiger partial charge in [0, 0.05) is 15.1 Å². The van der Waals surface area contributed by atoms with Crippen LogP contribution < -0.4 is 5.32 Å². The van der Waals surface area contributed by atoms with Crippen molar-refractivity contribution in [1.29, 1.82) is 0 Å². The van der Waals surface area contributed by atoms with E-state index >= 15 is 0 Å². The van der Waals surface area contributed by atoms with Crippen LogP contribution in [0.5, 0.6) is 0 Å². The van der Waals surface area contributed by atoms with Gasteiger partial charge in [0.15, 0.2) is 0 Å². The highest BCUT2D eigenvalue weighted by Crippen LogP contribution is 2.18. The van der Waals surface area contributed by atoms with Gasteiger partial charge in [0.25, 0.3) is 5.91 Å². The average molecular weight is 362 g/mol. The number of nitrogens with zero attached hydrogens (tertiary/aromatic N) is 1. The van der Waals surface area contributed by atoms with E-state index in [4.69, 9.17) is 11.6 Å². The maximum absolute atomic E-state index is 12.0. The summed E-state index contributed by atoms with van der Waals surface area (Å²) in [5, 5.41) is 3.43. The third kappa shape index (κ3) is 3.23. The van der Waals surface area contributed by atoms with E-state index in [1.54, 1.807) is 18.2 Å². The van der Waals surface area contributed by atoms with Gasteiger partial charge in [0.1, 0.15) is 11.5 Å². The molecule has 5 heteroatoms. The molecule has 21 heavy (non-hydrogen) atoms. The van der Waals surface area contributed by atoms with Gasteiger partial charge in [0.2, 0.25) is 0 Å². The SMILES string of the molecule is O=C1NC(c2cccc(Br)c2)=N/C1=C\c1ccc(Cl)cc1. The molecule has 0 bridgehead atoms. The molecule has 0 aromatic heterocycles. The van der Waals surface area contributed by atoms with Crippen molar-refractivity contribution in [3.8, 4) is 0 Å². The van der Waals surface area contributed by atoms with Crippen molar-refractivity contribution < 1.29 is 4.79 Å². The van der Waals surface area contributed by atoms with Crippen LogP contribution in [0.15, 0.2) is 63.7 Å². The number of halogens is 2. The van der Waals surface area contributed by atoms with E-state index < -0.39 is 0 Å². The smallest absolute Gasteiger partial charge is 0.275 e. The Hall–Kier alpha value is -1.91.